The number of nitrogens with two attached hydrogens (primary N) is 1. The summed E-state index contributed by atoms with van der Waals surface area (Å²) in [4.78, 5) is 3.95. The third-order valence-corrected chi connectivity index (χ3v) is 2.86. The summed E-state index contributed by atoms with van der Waals surface area (Å²) in [5.41, 5.74) is 4.97. The molecule has 0 bridgehead atoms. The van der Waals surface area contributed by atoms with Crippen molar-refractivity contribution in [2.75, 3.05) is 20.0 Å². The van der Waals surface area contributed by atoms with Crippen molar-refractivity contribution in [1.29, 1.82) is 0 Å². The van der Waals surface area contributed by atoms with E-state index in [4.69, 9.17) is 15.2 Å². The molecule has 4 nitrogen and oxygen atoms in total. The molecule has 2 rings (SSSR count). The fraction of sp³-hybridized carbons (Fsp3) is 0.214. The summed E-state index contributed by atoms with van der Waals surface area (Å²) < 4.78 is 49.0. The highest BCUT2D eigenvalue weighted by Crippen LogP contribution is 2.40. The van der Waals surface area contributed by atoms with E-state index in [1.54, 1.807) is 18.2 Å². The summed E-state index contributed by atoms with van der Waals surface area (Å²) in [6, 6.07) is 6.58. The highest BCUT2D eigenvalue weighted by atomic mass is 19.4. The lowest BCUT2D eigenvalue weighted by molar-refractivity contribution is -0.137. The standard InChI is InChI=1S/C14H13F3N2O2/c1-20-10-4-3-5-11(21-2)13(10)9-6-8(14(15,16)17)7-12(18)19-9/h3-7H,1-2H3,(H2,18,19). The summed E-state index contributed by atoms with van der Waals surface area (Å²) in [5, 5.41) is 0. The molecule has 0 saturated heterocycles. The van der Waals surface area contributed by atoms with E-state index in [1.165, 1.54) is 14.2 Å². The van der Waals surface area contributed by atoms with E-state index in [2.05, 4.69) is 4.98 Å². The molecule has 0 amide bonds. The second kappa shape index (κ2) is 5.51. The van der Waals surface area contributed by atoms with Crippen molar-refractivity contribution in [2.45, 2.75) is 6.18 Å². The first-order chi connectivity index (χ1) is 9.86. The Kier molecular flexibility index (Phi) is 3.93. The average molecular weight is 298 g/mol. The maximum atomic E-state index is 12.9. The maximum absolute atomic E-state index is 12.9. The molecule has 1 aromatic carbocycles. The number of hydrogen-bond acceptors (Lipinski definition) is 4. The van der Waals surface area contributed by atoms with Crippen molar-refractivity contribution in [3.8, 4) is 22.8 Å². The van der Waals surface area contributed by atoms with Crippen LogP contribution in [0.4, 0.5) is 19.0 Å². The predicted octanol–water partition coefficient (Wildman–Crippen LogP) is 3.37. The number of anilines is 1. The minimum atomic E-state index is -4.51. The number of nitrogens with zero attached hydrogens (tertiary/aromatic N) is 1. The zero-order valence-electron chi connectivity index (χ0n) is 11.4. The SMILES string of the molecule is COc1cccc(OC)c1-c1cc(C(F)(F)F)cc(N)n1. The maximum Gasteiger partial charge on any atom is 0.416 e. The molecular weight excluding hydrogens is 285 g/mol. The predicted molar refractivity (Wildman–Crippen MR) is 72.2 cm³/mol. The summed E-state index contributed by atoms with van der Waals surface area (Å²) >= 11 is 0. The summed E-state index contributed by atoms with van der Waals surface area (Å²) in [5.74, 6) is 0.467. The molecule has 0 aliphatic carbocycles. The second-order valence-corrected chi connectivity index (χ2v) is 4.20. The largest absolute Gasteiger partial charge is 0.496 e. The Morgan fingerprint density at radius 1 is 1.05 bits per heavy atom. The van der Waals surface area contributed by atoms with Gasteiger partial charge in [-0.15, -0.1) is 0 Å². The van der Waals surface area contributed by atoms with E-state index in [0.717, 1.165) is 12.1 Å². The van der Waals surface area contributed by atoms with Gasteiger partial charge in [0.2, 0.25) is 0 Å². The van der Waals surface area contributed by atoms with Gasteiger partial charge in [-0.25, -0.2) is 4.98 Å². The molecule has 0 aliphatic rings. The third kappa shape index (κ3) is 3.01. The Hall–Kier alpha value is -2.44. The van der Waals surface area contributed by atoms with Crippen molar-refractivity contribution in [3.05, 3.63) is 35.9 Å². The van der Waals surface area contributed by atoms with Crippen LogP contribution in [0.2, 0.25) is 0 Å². The van der Waals surface area contributed by atoms with Crippen LogP contribution in [0.15, 0.2) is 30.3 Å². The molecule has 0 unspecified atom stereocenters. The number of halogens is 3. The molecule has 0 saturated carbocycles. The molecule has 0 atom stereocenters. The van der Waals surface area contributed by atoms with Crippen LogP contribution in [0.3, 0.4) is 0 Å². The van der Waals surface area contributed by atoms with Gasteiger partial charge >= 0.3 is 6.18 Å². The quantitative estimate of drug-likeness (QED) is 0.944. The molecular formula is C14H13F3N2O2. The van der Waals surface area contributed by atoms with Crippen LogP contribution in [0, 0.1) is 0 Å². The van der Waals surface area contributed by atoms with Gasteiger partial charge in [-0.3, -0.25) is 0 Å². The minimum Gasteiger partial charge on any atom is -0.496 e. The third-order valence-electron chi connectivity index (χ3n) is 2.86. The van der Waals surface area contributed by atoms with Gasteiger partial charge in [-0.2, -0.15) is 13.2 Å². The molecule has 0 spiro atoms. The van der Waals surface area contributed by atoms with Gasteiger partial charge in [-0.05, 0) is 24.3 Å². The van der Waals surface area contributed by atoms with Crippen LogP contribution in [-0.2, 0) is 6.18 Å². The Morgan fingerprint density at radius 2 is 1.62 bits per heavy atom. The van der Waals surface area contributed by atoms with Crippen molar-refractivity contribution in [2.24, 2.45) is 0 Å². The number of ether oxygens (including phenoxy) is 2. The molecule has 7 heteroatoms. The smallest absolute Gasteiger partial charge is 0.416 e. The number of pyridine rings is 1. The summed E-state index contributed by atoms with van der Waals surface area (Å²) in [7, 11) is 2.82. The minimum absolute atomic E-state index is 0.0385. The average Bonchev–Trinajstić information content (AvgIpc) is 2.44. The Bertz CT molecular complexity index is 635. The van der Waals surface area contributed by atoms with E-state index in [0.29, 0.717) is 17.1 Å². The van der Waals surface area contributed by atoms with Crippen molar-refractivity contribution < 1.29 is 22.6 Å². The lowest BCUT2D eigenvalue weighted by Crippen LogP contribution is -2.08. The monoisotopic (exact) mass is 298 g/mol. The molecule has 0 aliphatic heterocycles. The van der Waals surface area contributed by atoms with Gasteiger partial charge in [0.05, 0.1) is 31.0 Å². The molecule has 0 radical (unpaired) electrons. The second-order valence-electron chi connectivity index (χ2n) is 4.20. The number of alkyl halides is 3. The zero-order valence-corrected chi connectivity index (χ0v) is 11.4. The first-order valence-electron chi connectivity index (χ1n) is 5.93. The lowest BCUT2D eigenvalue weighted by atomic mass is 10.1. The number of methoxy groups -OCH3 is 2. The fourth-order valence-electron chi connectivity index (χ4n) is 1.95. The topological polar surface area (TPSA) is 57.4 Å². The molecule has 1 heterocycles. The van der Waals surface area contributed by atoms with Gasteiger partial charge < -0.3 is 15.2 Å². The highest BCUT2D eigenvalue weighted by Gasteiger charge is 2.32. The zero-order chi connectivity index (χ0) is 15.6. The number of rotatable bonds is 3. The molecule has 1 aromatic heterocycles. The van der Waals surface area contributed by atoms with Crippen LogP contribution in [0.1, 0.15) is 5.56 Å². The van der Waals surface area contributed by atoms with Gasteiger partial charge in [-0.1, -0.05) is 6.07 Å². The molecule has 2 N–H and O–H groups in total. The van der Waals surface area contributed by atoms with E-state index in [-0.39, 0.29) is 11.5 Å². The molecule has 21 heavy (non-hydrogen) atoms. The van der Waals surface area contributed by atoms with Crippen molar-refractivity contribution in [3.63, 3.8) is 0 Å². The normalized spacial score (nSPS) is 11.3. The Balaban J connectivity index is 2.70. The summed E-state index contributed by atoms with van der Waals surface area (Å²) in [6.07, 6.45) is -4.51. The van der Waals surface area contributed by atoms with Crippen molar-refractivity contribution >= 4 is 5.82 Å². The van der Waals surface area contributed by atoms with Crippen LogP contribution in [0.25, 0.3) is 11.3 Å². The lowest BCUT2D eigenvalue weighted by Gasteiger charge is -2.14. The molecule has 0 fully saturated rings. The van der Waals surface area contributed by atoms with E-state index in [1.807, 2.05) is 0 Å². The summed E-state index contributed by atoms with van der Waals surface area (Å²) in [6.45, 7) is 0. The Labute approximate surface area is 119 Å². The van der Waals surface area contributed by atoms with Crippen LogP contribution in [0.5, 0.6) is 11.5 Å². The highest BCUT2D eigenvalue weighted by molar-refractivity contribution is 5.75. The van der Waals surface area contributed by atoms with Crippen LogP contribution >= 0.6 is 0 Å². The van der Waals surface area contributed by atoms with E-state index in [9.17, 15) is 13.2 Å². The number of aromatic nitrogens is 1. The fourth-order valence-corrected chi connectivity index (χ4v) is 1.95. The molecule has 112 valence electrons. The van der Waals surface area contributed by atoms with Gasteiger partial charge in [0, 0.05) is 0 Å². The van der Waals surface area contributed by atoms with E-state index >= 15 is 0 Å². The number of hydrogen-bond donors (Lipinski definition) is 1. The number of benzene rings is 1. The van der Waals surface area contributed by atoms with Gasteiger partial charge in [0.25, 0.3) is 0 Å². The first kappa shape index (κ1) is 15.0. The van der Waals surface area contributed by atoms with Crippen LogP contribution < -0.4 is 15.2 Å². The Morgan fingerprint density at radius 3 is 2.10 bits per heavy atom. The molecule has 2 aromatic rings. The van der Waals surface area contributed by atoms with Gasteiger partial charge in [0.1, 0.15) is 17.3 Å². The van der Waals surface area contributed by atoms with Crippen LogP contribution in [-0.4, -0.2) is 19.2 Å². The first-order valence-corrected chi connectivity index (χ1v) is 5.93. The number of nitrogen functional groups attached to an aromatic ring is 1. The van der Waals surface area contributed by atoms with E-state index < -0.39 is 11.7 Å². The van der Waals surface area contributed by atoms with Gasteiger partial charge in [0.15, 0.2) is 0 Å². The van der Waals surface area contributed by atoms with Crippen molar-refractivity contribution in [1.82, 2.24) is 4.98 Å².